The third-order valence-electron chi connectivity index (χ3n) is 5.97. The molecule has 0 atom stereocenters. The Kier molecular flexibility index (Phi) is 6.78. The van der Waals surface area contributed by atoms with Crippen LogP contribution in [0.25, 0.3) is 10.6 Å². The normalized spacial score (nSPS) is 13.2. The van der Waals surface area contributed by atoms with E-state index in [9.17, 15) is 14.4 Å². The lowest BCUT2D eigenvalue weighted by molar-refractivity contribution is 0.0954. The smallest absolute Gasteiger partial charge is 0.321 e. The SMILES string of the molecule is Cc1nc(-c2c(C)c(C)nn(C)c2=O)sc1C(=O)NCc1cccc(NC(=O)N2CCCC2)c1. The highest BCUT2D eigenvalue weighted by atomic mass is 32.1. The lowest BCUT2D eigenvalue weighted by Crippen LogP contribution is -2.32. The van der Waals surface area contributed by atoms with Crippen LogP contribution in [0.2, 0.25) is 0 Å². The maximum Gasteiger partial charge on any atom is 0.321 e. The first-order valence-corrected chi connectivity index (χ1v) is 12.0. The summed E-state index contributed by atoms with van der Waals surface area (Å²) >= 11 is 1.20. The molecule has 34 heavy (non-hydrogen) atoms. The van der Waals surface area contributed by atoms with Crippen molar-refractivity contribution in [2.75, 3.05) is 18.4 Å². The summed E-state index contributed by atoms with van der Waals surface area (Å²) < 4.78 is 1.30. The fraction of sp³-hybridized carbons (Fsp3) is 0.375. The number of benzene rings is 1. The summed E-state index contributed by atoms with van der Waals surface area (Å²) in [5.74, 6) is -0.256. The van der Waals surface area contributed by atoms with Crippen molar-refractivity contribution in [3.05, 3.63) is 62.0 Å². The third-order valence-corrected chi connectivity index (χ3v) is 7.14. The van der Waals surface area contributed by atoms with Gasteiger partial charge in [0.2, 0.25) is 0 Å². The molecular formula is C24H28N6O3S. The zero-order chi connectivity index (χ0) is 24.4. The molecule has 0 radical (unpaired) electrons. The van der Waals surface area contributed by atoms with Gasteiger partial charge in [0.25, 0.3) is 11.5 Å². The van der Waals surface area contributed by atoms with E-state index in [2.05, 4.69) is 20.7 Å². The van der Waals surface area contributed by atoms with E-state index in [1.54, 1.807) is 18.9 Å². The summed E-state index contributed by atoms with van der Waals surface area (Å²) in [5.41, 5.74) is 3.87. The Morgan fingerprint density at radius 1 is 1.12 bits per heavy atom. The monoisotopic (exact) mass is 480 g/mol. The molecule has 0 unspecified atom stereocenters. The molecule has 2 N–H and O–H groups in total. The Bertz CT molecular complexity index is 1310. The van der Waals surface area contributed by atoms with Crippen molar-refractivity contribution in [2.45, 2.75) is 40.2 Å². The van der Waals surface area contributed by atoms with Gasteiger partial charge in [-0.3, -0.25) is 9.59 Å². The lowest BCUT2D eigenvalue weighted by Gasteiger charge is -2.16. The number of aryl methyl sites for hydroxylation is 3. The van der Waals surface area contributed by atoms with Crippen LogP contribution in [0, 0.1) is 20.8 Å². The van der Waals surface area contributed by atoms with E-state index in [-0.39, 0.29) is 17.5 Å². The van der Waals surface area contributed by atoms with Gasteiger partial charge in [0.05, 0.1) is 17.0 Å². The number of hydrogen-bond acceptors (Lipinski definition) is 6. The number of nitrogens with one attached hydrogen (secondary N) is 2. The average Bonchev–Trinajstić information content (AvgIpc) is 3.47. The topological polar surface area (TPSA) is 109 Å². The molecule has 1 fully saturated rings. The number of hydrogen-bond donors (Lipinski definition) is 2. The standard InChI is InChI=1S/C24H28N6O3S/c1-14-15(2)28-29(4)23(32)19(14)22-26-16(3)20(34-22)21(31)25-13-17-8-7-9-18(12-17)27-24(33)30-10-5-6-11-30/h7-9,12H,5-6,10-11,13H2,1-4H3,(H,25,31)(H,27,33). The number of carbonyl (C=O) groups is 2. The van der Waals surface area contributed by atoms with Crippen LogP contribution >= 0.6 is 11.3 Å². The fourth-order valence-electron chi connectivity index (χ4n) is 3.96. The molecule has 0 aliphatic carbocycles. The zero-order valence-corrected chi connectivity index (χ0v) is 20.6. The molecule has 1 aliphatic heterocycles. The molecule has 1 aromatic carbocycles. The van der Waals surface area contributed by atoms with Crippen molar-refractivity contribution >= 4 is 29.0 Å². The highest BCUT2D eigenvalue weighted by molar-refractivity contribution is 7.17. The minimum Gasteiger partial charge on any atom is -0.347 e. The molecule has 0 spiro atoms. The summed E-state index contributed by atoms with van der Waals surface area (Å²) in [5, 5.41) is 10.6. The van der Waals surface area contributed by atoms with E-state index in [0.717, 1.165) is 42.8 Å². The van der Waals surface area contributed by atoms with Crippen molar-refractivity contribution < 1.29 is 9.59 Å². The predicted octanol–water partition coefficient (Wildman–Crippen LogP) is 3.39. The Labute approximate surface area is 201 Å². The number of carbonyl (C=O) groups excluding carboxylic acids is 2. The quantitative estimate of drug-likeness (QED) is 0.582. The van der Waals surface area contributed by atoms with Crippen LogP contribution < -0.4 is 16.2 Å². The molecule has 3 amide bonds. The van der Waals surface area contributed by atoms with E-state index in [0.29, 0.717) is 33.4 Å². The highest BCUT2D eigenvalue weighted by Gasteiger charge is 2.21. The van der Waals surface area contributed by atoms with Gasteiger partial charge in [-0.15, -0.1) is 11.3 Å². The average molecular weight is 481 g/mol. The summed E-state index contributed by atoms with van der Waals surface area (Å²) in [6, 6.07) is 7.33. The van der Waals surface area contributed by atoms with Crippen LogP contribution in [-0.4, -0.2) is 44.7 Å². The second-order valence-electron chi connectivity index (χ2n) is 8.46. The summed E-state index contributed by atoms with van der Waals surface area (Å²) in [6.07, 6.45) is 2.07. The summed E-state index contributed by atoms with van der Waals surface area (Å²) in [7, 11) is 1.61. The number of amides is 3. The van der Waals surface area contributed by atoms with E-state index in [1.807, 2.05) is 38.1 Å². The number of thiazole rings is 1. The minimum atomic E-state index is -0.256. The molecule has 3 aromatic rings. The summed E-state index contributed by atoms with van der Waals surface area (Å²) in [4.78, 5) is 44.7. The molecule has 0 bridgehead atoms. The number of rotatable bonds is 5. The van der Waals surface area contributed by atoms with E-state index in [4.69, 9.17) is 0 Å². The van der Waals surface area contributed by atoms with Crippen LogP contribution in [0.1, 0.15) is 45.0 Å². The first-order valence-electron chi connectivity index (χ1n) is 11.2. The minimum absolute atomic E-state index is 0.0979. The van der Waals surface area contributed by atoms with Gasteiger partial charge in [0.1, 0.15) is 9.88 Å². The van der Waals surface area contributed by atoms with Crippen LogP contribution in [0.5, 0.6) is 0 Å². The van der Waals surface area contributed by atoms with Crippen LogP contribution in [0.3, 0.4) is 0 Å². The van der Waals surface area contributed by atoms with Gasteiger partial charge in [-0.1, -0.05) is 12.1 Å². The van der Waals surface area contributed by atoms with Crippen molar-refractivity contribution in [1.29, 1.82) is 0 Å². The lowest BCUT2D eigenvalue weighted by atomic mass is 10.1. The first-order chi connectivity index (χ1) is 16.2. The number of anilines is 1. The largest absolute Gasteiger partial charge is 0.347 e. The third kappa shape index (κ3) is 4.86. The van der Waals surface area contributed by atoms with Crippen LogP contribution in [0.15, 0.2) is 29.1 Å². The maximum absolute atomic E-state index is 12.9. The Hall–Kier alpha value is -3.53. The zero-order valence-electron chi connectivity index (χ0n) is 19.8. The van der Waals surface area contributed by atoms with Crippen LogP contribution in [0.4, 0.5) is 10.5 Å². The molecule has 0 saturated carbocycles. The first kappa shape index (κ1) is 23.6. The van der Waals surface area contributed by atoms with Crippen molar-refractivity contribution in [3.63, 3.8) is 0 Å². The predicted molar refractivity (Wildman–Crippen MR) is 132 cm³/mol. The maximum atomic E-state index is 12.9. The van der Waals surface area contributed by atoms with Crippen LogP contribution in [-0.2, 0) is 13.6 Å². The molecule has 1 aliphatic rings. The van der Waals surface area contributed by atoms with Gasteiger partial charge in [-0.2, -0.15) is 5.10 Å². The Morgan fingerprint density at radius 2 is 1.85 bits per heavy atom. The Balaban J connectivity index is 1.46. The van der Waals surface area contributed by atoms with Gasteiger partial charge < -0.3 is 15.5 Å². The molecule has 3 heterocycles. The van der Waals surface area contributed by atoms with E-state index >= 15 is 0 Å². The summed E-state index contributed by atoms with van der Waals surface area (Å²) in [6.45, 7) is 7.30. The van der Waals surface area contributed by atoms with Crippen molar-refractivity contribution in [2.24, 2.45) is 7.05 Å². The molecule has 10 heteroatoms. The molecule has 4 rings (SSSR count). The molecule has 9 nitrogen and oxygen atoms in total. The Morgan fingerprint density at radius 3 is 2.59 bits per heavy atom. The van der Waals surface area contributed by atoms with Gasteiger partial charge in [-0.05, 0) is 56.9 Å². The number of nitrogens with zero attached hydrogens (tertiary/aromatic N) is 4. The second kappa shape index (κ2) is 9.76. The van der Waals surface area contributed by atoms with Crippen molar-refractivity contribution in [1.82, 2.24) is 25.0 Å². The number of urea groups is 1. The number of likely N-dealkylation sites (tertiary alicyclic amines) is 1. The number of aromatic nitrogens is 3. The molecule has 178 valence electrons. The molecule has 2 aromatic heterocycles. The molecular weight excluding hydrogens is 452 g/mol. The van der Waals surface area contributed by atoms with Gasteiger partial charge >= 0.3 is 6.03 Å². The fourth-order valence-corrected chi connectivity index (χ4v) is 5.04. The second-order valence-corrected chi connectivity index (χ2v) is 9.45. The van der Waals surface area contributed by atoms with Gasteiger partial charge in [0, 0.05) is 32.4 Å². The highest BCUT2D eigenvalue weighted by Crippen LogP contribution is 2.28. The molecule has 1 saturated heterocycles. The van der Waals surface area contributed by atoms with Crippen molar-refractivity contribution in [3.8, 4) is 10.6 Å². The van der Waals surface area contributed by atoms with E-state index < -0.39 is 0 Å². The van der Waals surface area contributed by atoms with Gasteiger partial charge in [-0.25, -0.2) is 14.5 Å². The van der Waals surface area contributed by atoms with E-state index in [1.165, 1.54) is 16.0 Å². The van der Waals surface area contributed by atoms with Gasteiger partial charge in [0.15, 0.2) is 0 Å².